The Morgan fingerprint density at radius 2 is 2.11 bits per heavy atom. The first kappa shape index (κ1) is 20.3. The van der Waals surface area contributed by atoms with Gasteiger partial charge in [-0.25, -0.2) is 9.78 Å². The molecular weight excluding hydrogens is 398 g/mol. The van der Waals surface area contributed by atoms with Crippen LogP contribution in [0.3, 0.4) is 0 Å². The summed E-state index contributed by atoms with van der Waals surface area (Å²) < 4.78 is 5.14. The molecule has 0 N–H and O–H groups in total. The largest absolute Gasteiger partial charge is 0.451 e. The second-order valence-electron chi connectivity index (χ2n) is 6.78. The van der Waals surface area contributed by atoms with Crippen molar-refractivity contribution in [1.82, 2.24) is 9.88 Å². The molecule has 1 aliphatic rings. The first-order chi connectivity index (χ1) is 13.4. The molecule has 2 aromatic rings. The summed E-state index contributed by atoms with van der Waals surface area (Å²) in [6.07, 6.45) is 4.19. The summed E-state index contributed by atoms with van der Waals surface area (Å²) >= 11 is 7.28. The van der Waals surface area contributed by atoms with Gasteiger partial charge >= 0.3 is 5.97 Å². The van der Waals surface area contributed by atoms with Gasteiger partial charge in [0.05, 0.1) is 6.07 Å². The number of carbonyl (C=O) groups is 2. The maximum absolute atomic E-state index is 12.5. The van der Waals surface area contributed by atoms with Gasteiger partial charge in [-0.15, -0.1) is 11.3 Å². The zero-order valence-corrected chi connectivity index (χ0v) is 17.1. The van der Waals surface area contributed by atoms with Gasteiger partial charge in [0.15, 0.2) is 12.3 Å². The quantitative estimate of drug-likeness (QED) is 0.677. The summed E-state index contributed by atoms with van der Waals surface area (Å²) in [5.41, 5.74) is 0.144. The number of rotatable bonds is 5. The van der Waals surface area contributed by atoms with Crippen molar-refractivity contribution in [2.45, 2.75) is 37.6 Å². The van der Waals surface area contributed by atoms with E-state index in [1.807, 2.05) is 12.1 Å². The Balaban J connectivity index is 1.61. The number of benzene rings is 1. The molecule has 3 rings (SSSR count). The molecule has 146 valence electrons. The SMILES string of the molecule is CN(C(=O)COC(=O)c1csc(-c2cccc(Cl)c2)n1)C1(C#N)CCCCC1. The van der Waals surface area contributed by atoms with Crippen molar-refractivity contribution in [2.24, 2.45) is 0 Å². The molecule has 1 aromatic carbocycles. The zero-order chi connectivity index (χ0) is 20.1. The Labute approximate surface area is 172 Å². The van der Waals surface area contributed by atoms with Crippen molar-refractivity contribution in [3.05, 3.63) is 40.4 Å². The van der Waals surface area contributed by atoms with E-state index in [9.17, 15) is 14.9 Å². The number of carbonyl (C=O) groups excluding carboxylic acids is 2. The highest BCUT2D eigenvalue weighted by Crippen LogP contribution is 2.32. The number of thiazole rings is 1. The van der Waals surface area contributed by atoms with E-state index in [0.29, 0.717) is 22.9 Å². The third kappa shape index (κ3) is 4.34. The van der Waals surface area contributed by atoms with Gasteiger partial charge < -0.3 is 9.64 Å². The minimum absolute atomic E-state index is 0.142. The number of nitrogens with zero attached hydrogens (tertiary/aromatic N) is 3. The first-order valence-corrected chi connectivity index (χ1v) is 10.3. The summed E-state index contributed by atoms with van der Waals surface area (Å²) in [6.45, 7) is -0.414. The van der Waals surface area contributed by atoms with Crippen molar-refractivity contribution in [1.29, 1.82) is 5.26 Å². The van der Waals surface area contributed by atoms with Crippen molar-refractivity contribution in [3.63, 3.8) is 0 Å². The smallest absolute Gasteiger partial charge is 0.358 e. The van der Waals surface area contributed by atoms with E-state index in [-0.39, 0.29) is 11.6 Å². The Kier molecular flexibility index (Phi) is 6.32. The fraction of sp³-hybridized carbons (Fsp3) is 0.400. The summed E-state index contributed by atoms with van der Waals surface area (Å²) in [4.78, 5) is 30.4. The molecule has 28 heavy (non-hydrogen) atoms. The Morgan fingerprint density at radius 1 is 1.36 bits per heavy atom. The highest BCUT2D eigenvalue weighted by Gasteiger charge is 2.39. The molecule has 6 nitrogen and oxygen atoms in total. The molecule has 8 heteroatoms. The molecule has 1 aromatic heterocycles. The minimum Gasteiger partial charge on any atom is -0.451 e. The highest BCUT2D eigenvalue weighted by atomic mass is 35.5. The minimum atomic E-state index is -0.803. The van der Waals surface area contributed by atoms with E-state index in [0.717, 1.165) is 24.8 Å². The summed E-state index contributed by atoms with van der Waals surface area (Å²) in [6, 6.07) is 9.47. The average Bonchev–Trinajstić information content (AvgIpc) is 3.22. The monoisotopic (exact) mass is 417 g/mol. The van der Waals surface area contributed by atoms with Crippen LogP contribution in [-0.2, 0) is 9.53 Å². The maximum atomic E-state index is 12.5. The first-order valence-electron chi connectivity index (χ1n) is 9.02. The van der Waals surface area contributed by atoms with Crippen LogP contribution in [0.5, 0.6) is 0 Å². The standard InChI is InChI=1S/C20H20ClN3O3S/c1-24(20(13-22)8-3-2-4-9-20)17(25)11-27-19(26)16-12-28-18(23-16)14-6-5-7-15(21)10-14/h5-7,10,12H,2-4,8-9,11H2,1H3. The second-order valence-corrected chi connectivity index (χ2v) is 8.08. The average molecular weight is 418 g/mol. The van der Waals surface area contributed by atoms with Crippen molar-refractivity contribution < 1.29 is 14.3 Å². The molecule has 0 saturated heterocycles. The molecule has 0 radical (unpaired) electrons. The van der Waals surface area contributed by atoms with Crippen LogP contribution in [0, 0.1) is 11.3 Å². The van der Waals surface area contributed by atoms with Crippen molar-refractivity contribution in [3.8, 4) is 16.6 Å². The van der Waals surface area contributed by atoms with Gasteiger partial charge in [0.25, 0.3) is 5.91 Å². The topological polar surface area (TPSA) is 83.3 Å². The number of halogens is 1. The predicted octanol–water partition coefficient (Wildman–Crippen LogP) is 4.31. The third-order valence-electron chi connectivity index (χ3n) is 5.02. The molecule has 1 saturated carbocycles. The molecule has 0 spiro atoms. The lowest BCUT2D eigenvalue weighted by molar-refractivity contribution is -0.138. The fourth-order valence-corrected chi connectivity index (χ4v) is 4.29. The summed E-state index contributed by atoms with van der Waals surface area (Å²) in [5, 5.41) is 12.4. The van der Waals surface area contributed by atoms with Gasteiger partial charge in [0, 0.05) is 23.0 Å². The van der Waals surface area contributed by atoms with Crippen LogP contribution in [-0.4, -0.2) is 41.0 Å². The van der Waals surface area contributed by atoms with E-state index in [2.05, 4.69) is 11.1 Å². The molecule has 1 aliphatic carbocycles. The van der Waals surface area contributed by atoms with Crippen molar-refractivity contribution in [2.75, 3.05) is 13.7 Å². The number of nitriles is 1. The van der Waals surface area contributed by atoms with E-state index < -0.39 is 18.1 Å². The van der Waals surface area contributed by atoms with Crippen molar-refractivity contribution >= 4 is 34.8 Å². The zero-order valence-electron chi connectivity index (χ0n) is 15.5. The summed E-state index contributed by atoms with van der Waals surface area (Å²) in [5.74, 6) is -1.05. The molecule has 0 bridgehead atoms. The lowest BCUT2D eigenvalue weighted by atomic mass is 9.81. The van der Waals surface area contributed by atoms with Gasteiger partial charge in [-0.2, -0.15) is 5.26 Å². The van der Waals surface area contributed by atoms with E-state index in [4.69, 9.17) is 16.3 Å². The maximum Gasteiger partial charge on any atom is 0.358 e. The number of likely N-dealkylation sites (N-methyl/N-ethyl adjacent to an activating group) is 1. The number of aromatic nitrogens is 1. The van der Waals surface area contributed by atoms with Gasteiger partial charge in [-0.1, -0.05) is 43.0 Å². The molecular formula is C20H20ClN3O3S. The van der Waals surface area contributed by atoms with Gasteiger partial charge in [0.2, 0.25) is 0 Å². The van der Waals surface area contributed by atoms with E-state index in [1.165, 1.54) is 16.2 Å². The van der Waals surface area contributed by atoms with Gasteiger partial charge in [-0.05, 0) is 25.0 Å². The van der Waals surface area contributed by atoms with Crippen LogP contribution in [0.4, 0.5) is 0 Å². The Hall–Kier alpha value is -2.43. The Morgan fingerprint density at radius 3 is 2.79 bits per heavy atom. The second kappa shape index (κ2) is 8.72. The molecule has 0 unspecified atom stereocenters. The van der Waals surface area contributed by atoms with Gasteiger partial charge in [-0.3, -0.25) is 4.79 Å². The number of hydrogen-bond acceptors (Lipinski definition) is 6. The van der Waals surface area contributed by atoms with Crippen LogP contribution in [0.1, 0.15) is 42.6 Å². The van der Waals surface area contributed by atoms with E-state index >= 15 is 0 Å². The van der Waals surface area contributed by atoms with Crippen LogP contribution in [0.25, 0.3) is 10.6 Å². The Bertz CT molecular complexity index is 915. The molecule has 0 atom stereocenters. The third-order valence-corrected chi connectivity index (χ3v) is 6.14. The predicted molar refractivity (Wildman–Crippen MR) is 107 cm³/mol. The highest BCUT2D eigenvalue weighted by molar-refractivity contribution is 7.13. The number of amides is 1. The fourth-order valence-electron chi connectivity index (χ4n) is 3.32. The lowest BCUT2D eigenvalue weighted by Crippen LogP contribution is -2.51. The number of ether oxygens (including phenoxy) is 1. The molecule has 1 amide bonds. The van der Waals surface area contributed by atoms with Crippen LogP contribution in [0.15, 0.2) is 29.6 Å². The lowest BCUT2D eigenvalue weighted by Gasteiger charge is -2.38. The van der Waals surface area contributed by atoms with Crippen LogP contribution in [0.2, 0.25) is 5.02 Å². The molecule has 0 aliphatic heterocycles. The molecule has 1 heterocycles. The van der Waals surface area contributed by atoms with E-state index in [1.54, 1.807) is 24.6 Å². The number of esters is 1. The van der Waals surface area contributed by atoms with Gasteiger partial charge in [0.1, 0.15) is 10.5 Å². The number of hydrogen-bond donors (Lipinski definition) is 0. The summed E-state index contributed by atoms with van der Waals surface area (Å²) in [7, 11) is 1.60. The van der Waals surface area contributed by atoms with Crippen LogP contribution < -0.4 is 0 Å². The van der Waals surface area contributed by atoms with Crippen LogP contribution >= 0.6 is 22.9 Å². The molecule has 1 fully saturated rings. The normalized spacial score (nSPS) is 15.5.